The Bertz CT molecular complexity index is 290. The summed E-state index contributed by atoms with van der Waals surface area (Å²) in [4.78, 5) is 14.6. The van der Waals surface area contributed by atoms with Crippen molar-refractivity contribution in [1.82, 2.24) is 15.5 Å². The SMILES string of the molecule is CN(C)C1(CNC(=O)C2CCCCCN2)CCCC1. The molecule has 1 saturated carbocycles. The maximum atomic E-state index is 12.3. The number of hydrogen-bond donors (Lipinski definition) is 2. The Hall–Kier alpha value is -0.610. The maximum absolute atomic E-state index is 12.3. The molecule has 1 aliphatic heterocycles. The predicted molar refractivity (Wildman–Crippen MR) is 78.2 cm³/mol. The second kappa shape index (κ2) is 6.71. The molecule has 0 aromatic rings. The van der Waals surface area contributed by atoms with Crippen LogP contribution in [0.25, 0.3) is 0 Å². The van der Waals surface area contributed by atoms with Gasteiger partial charge in [0.05, 0.1) is 6.04 Å². The minimum Gasteiger partial charge on any atom is -0.353 e. The Morgan fingerprint density at radius 1 is 1.21 bits per heavy atom. The molecule has 0 aromatic carbocycles. The Balaban J connectivity index is 1.84. The van der Waals surface area contributed by atoms with E-state index < -0.39 is 0 Å². The standard InChI is InChI=1S/C15H29N3O/c1-18(2)15(9-5-6-10-15)12-17-14(19)13-8-4-3-7-11-16-13/h13,16H,3-12H2,1-2H3,(H,17,19). The van der Waals surface area contributed by atoms with E-state index in [2.05, 4.69) is 29.6 Å². The zero-order chi connectivity index (χ0) is 13.7. The summed E-state index contributed by atoms with van der Waals surface area (Å²) in [6.07, 6.45) is 9.59. The summed E-state index contributed by atoms with van der Waals surface area (Å²) < 4.78 is 0. The number of hydrogen-bond acceptors (Lipinski definition) is 3. The number of nitrogens with zero attached hydrogens (tertiary/aromatic N) is 1. The fourth-order valence-corrected chi connectivity index (χ4v) is 3.44. The van der Waals surface area contributed by atoms with Crippen molar-refractivity contribution < 1.29 is 4.79 Å². The highest BCUT2D eigenvalue weighted by Gasteiger charge is 2.36. The van der Waals surface area contributed by atoms with E-state index in [-0.39, 0.29) is 17.5 Å². The highest BCUT2D eigenvalue weighted by Crippen LogP contribution is 2.33. The minimum atomic E-state index is 0.0307. The van der Waals surface area contributed by atoms with Crippen molar-refractivity contribution in [3.63, 3.8) is 0 Å². The van der Waals surface area contributed by atoms with Gasteiger partial charge in [-0.25, -0.2) is 0 Å². The van der Waals surface area contributed by atoms with Crippen molar-refractivity contribution in [2.24, 2.45) is 0 Å². The van der Waals surface area contributed by atoms with Crippen molar-refractivity contribution >= 4 is 5.91 Å². The average molecular weight is 267 g/mol. The molecule has 0 bridgehead atoms. The van der Waals surface area contributed by atoms with E-state index >= 15 is 0 Å². The summed E-state index contributed by atoms with van der Waals surface area (Å²) in [5, 5.41) is 6.57. The van der Waals surface area contributed by atoms with Gasteiger partial charge in [0.25, 0.3) is 0 Å². The molecule has 1 heterocycles. The lowest BCUT2D eigenvalue weighted by Crippen LogP contribution is -2.54. The summed E-state index contributed by atoms with van der Waals surface area (Å²) in [7, 11) is 4.28. The van der Waals surface area contributed by atoms with Gasteiger partial charge >= 0.3 is 0 Å². The van der Waals surface area contributed by atoms with Crippen LogP contribution < -0.4 is 10.6 Å². The van der Waals surface area contributed by atoms with Crippen LogP contribution in [0.5, 0.6) is 0 Å². The number of carbonyl (C=O) groups excluding carboxylic acids is 1. The topological polar surface area (TPSA) is 44.4 Å². The quantitative estimate of drug-likeness (QED) is 0.811. The van der Waals surface area contributed by atoms with E-state index in [1.165, 1.54) is 44.9 Å². The largest absolute Gasteiger partial charge is 0.353 e. The van der Waals surface area contributed by atoms with Crippen LogP contribution in [0.15, 0.2) is 0 Å². The van der Waals surface area contributed by atoms with E-state index in [0.29, 0.717) is 0 Å². The van der Waals surface area contributed by atoms with Gasteiger partial charge in [-0.1, -0.05) is 25.7 Å². The molecule has 1 unspecified atom stereocenters. The normalized spacial score (nSPS) is 27.2. The molecule has 19 heavy (non-hydrogen) atoms. The highest BCUT2D eigenvalue weighted by atomic mass is 16.2. The van der Waals surface area contributed by atoms with Gasteiger partial charge in [-0.3, -0.25) is 4.79 Å². The van der Waals surface area contributed by atoms with E-state index in [9.17, 15) is 4.79 Å². The number of nitrogens with one attached hydrogen (secondary N) is 2. The first kappa shape index (κ1) is 14.8. The molecule has 2 aliphatic rings. The third-order valence-corrected chi connectivity index (χ3v) is 4.95. The third-order valence-electron chi connectivity index (χ3n) is 4.95. The van der Waals surface area contributed by atoms with Crippen molar-refractivity contribution in [2.45, 2.75) is 62.9 Å². The van der Waals surface area contributed by atoms with Crippen LogP contribution in [0.3, 0.4) is 0 Å². The van der Waals surface area contributed by atoms with Gasteiger partial charge in [-0.2, -0.15) is 0 Å². The smallest absolute Gasteiger partial charge is 0.237 e. The van der Waals surface area contributed by atoms with Gasteiger partial charge in [0, 0.05) is 12.1 Å². The van der Waals surface area contributed by atoms with Gasteiger partial charge in [0.2, 0.25) is 5.91 Å². The van der Waals surface area contributed by atoms with Crippen LogP contribution in [-0.2, 0) is 4.79 Å². The molecule has 1 amide bonds. The Morgan fingerprint density at radius 3 is 2.63 bits per heavy atom. The summed E-state index contributed by atoms with van der Waals surface area (Å²) in [5.74, 6) is 0.204. The fourth-order valence-electron chi connectivity index (χ4n) is 3.44. The van der Waals surface area contributed by atoms with Crippen LogP contribution >= 0.6 is 0 Å². The van der Waals surface area contributed by atoms with Crippen molar-refractivity contribution in [2.75, 3.05) is 27.2 Å². The van der Waals surface area contributed by atoms with Crippen LogP contribution in [0.1, 0.15) is 51.4 Å². The zero-order valence-electron chi connectivity index (χ0n) is 12.5. The summed E-state index contributed by atoms with van der Waals surface area (Å²) in [6.45, 7) is 1.79. The first-order valence-corrected chi connectivity index (χ1v) is 7.83. The van der Waals surface area contributed by atoms with Crippen molar-refractivity contribution in [1.29, 1.82) is 0 Å². The molecule has 1 saturated heterocycles. The van der Waals surface area contributed by atoms with E-state index in [4.69, 9.17) is 0 Å². The molecule has 0 radical (unpaired) electrons. The number of rotatable bonds is 4. The summed E-state index contributed by atoms with van der Waals surface area (Å²) >= 11 is 0. The van der Waals surface area contributed by atoms with Gasteiger partial charge in [0.15, 0.2) is 0 Å². The fraction of sp³-hybridized carbons (Fsp3) is 0.933. The molecule has 4 heteroatoms. The van der Waals surface area contributed by atoms with Gasteiger partial charge in [-0.05, 0) is 46.3 Å². The van der Waals surface area contributed by atoms with E-state index in [0.717, 1.165) is 19.5 Å². The van der Waals surface area contributed by atoms with Gasteiger partial charge < -0.3 is 15.5 Å². The first-order chi connectivity index (χ1) is 9.14. The monoisotopic (exact) mass is 267 g/mol. The van der Waals surface area contributed by atoms with E-state index in [1.807, 2.05) is 0 Å². The molecular formula is C15H29N3O. The summed E-state index contributed by atoms with van der Waals surface area (Å²) in [6, 6.07) is 0.0307. The molecule has 2 fully saturated rings. The molecule has 2 N–H and O–H groups in total. The molecular weight excluding hydrogens is 238 g/mol. The van der Waals surface area contributed by atoms with E-state index in [1.54, 1.807) is 0 Å². The Labute approximate surface area is 117 Å². The highest BCUT2D eigenvalue weighted by molar-refractivity contribution is 5.81. The average Bonchev–Trinajstić information content (AvgIpc) is 2.72. The number of amides is 1. The molecule has 0 spiro atoms. The predicted octanol–water partition coefficient (Wildman–Crippen LogP) is 1.51. The lowest BCUT2D eigenvalue weighted by molar-refractivity contribution is -0.123. The number of carbonyl (C=O) groups is 1. The molecule has 1 aliphatic carbocycles. The van der Waals surface area contributed by atoms with Gasteiger partial charge in [0.1, 0.15) is 0 Å². The van der Waals surface area contributed by atoms with Crippen molar-refractivity contribution in [3.8, 4) is 0 Å². The lowest BCUT2D eigenvalue weighted by Gasteiger charge is -2.36. The Morgan fingerprint density at radius 2 is 1.95 bits per heavy atom. The molecule has 2 rings (SSSR count). The Kier molecular flexibility index (Phi) is 5.22. The third kappa shape index (κ3) is 3.69. The lowest BCUT2D eigenvalue weighted by atomic mass is 9.95. The van der Waals surface area contributed by atoms with Crippen LogP contribution in [0.4, 0.5) is 0 Å². The van der Waals surface area contributed by atoms with Crippen LogP contribution in [-0.4, -0.2) is 49.6 Å². The maximum Gasteiger partial charge on any atom is 0.237 e. The first-order valence-electron chi connectivity index (χ1n) is 7.83. The van der Waals surface area contributed by atoms with Gasteiger partial charge in [-0.15, -0.1) is 0 Å². The molecule has 4 nitrogen and oxygen atoms in total. The zero-order valence-corrected chi connectivity index (χ0v) is 12.5. The second-order valence-electron chi connectivity index (χ2n) is 6.40. The summed E-state index contributed by atoms with van der Waals surface area (Å²) in [5.41, 5.74) is 0.195. The second-order valence-corrected chi connectivity index (χ2v) is 6.40. The van der Waals surface area contributed by atoms with Crippen LogP contribution in [0.2, 0.25) is 0 Å². The minimum absolute atomic E-state index is 0.0307. The van der Waals surface area contributed by atoms with Crippen molar-refractivity contribution in [3.05, 3.63) is 0 Å². The molecule has 0 aromatic heterocycles. The molecule has 110 valence electrons. The molecule has 1 atom stereocenters. The van der Waals surface area contributed by atoms with Crippen LogP contribution in [0, 0.1) is 0 Å². The number of likely N-dealkylation sites (N-methyl/N-ethyl adjacent to an activating group) is 1.